The van der Waals surface area contributed by atoms with Crippen molar-refractivity contribution in [1.82, 2.24) is 5.32 Å². The lowest BCUT2D eigenvalue weighted by molar-refractivity contribution is -0.120. The summed E-state index contributed by atoms with van der Waals surface area (Å²) in [4.78, 5) is 11.0. The molecule has 0 saturated carbocycles. The van der Waals surface area contributed by atoms with Crippen LogP contribution in [0.2, 0.25) is 0 Å². The lowest BCUT2D eigenvalue weighted by atomic mass is 10.2. The molecule has 0 aromatic carbocycles. The summed E-state index contributed by atoms with van der Waals surface area (Å²) in [5, 5.41) is 2.28. The van der Waals surface area contributed by atoms with Crippen molar-refractivity contribution in [2.45, 2.75) is 31.2 Å². The van der Waals surface area contributed by atoms with Crippen molar-refractivity contribution >= 4 is 17.5 Å². The van der Waals surface area contributed by atoms with Crippen LogP contribution in [-0.2, 0) is 9.53 Å². The molecule has 1 aliphatic rings. The van der Waals surface area contributed by atoms with Gasteiger partial charge in [0.25, 0.3) is 0 Å². The molecular formula is C8H14ClNO2. The Balaban J connectivity index is 2.12. The molecule has 4 heteroatoms. The highest BCUT2D eigenvalue weighted by molar-refractivity contribution is 6.30. The Bertz CT molecular complexity index is 155. The van der Waals surface area contributed by atoms with Crippen LogP contribution >= 0.6 is 11.6 Å². The second-order valence-corrected chi connectivity index (χ2v) is 3.65. The summed E-state index contributed by atoms with van der Waals surface area (Å²) < 4.78 is 5.33. The maximum atomic E-state index is 11.0. The van der Waals surface area contributed by atoms with E-state index in [1.807, 2.05) is 0 Å². The number of alkyl halides is 1. The predicted octanol–water partition coefficient (Wildman–Crippen LogP) is 0.909. The van der Waals surface area contributed by atoms with Crippen LogP contribution in [0.3, 0.4) is 0 Å². The van der Waals surface area contributed by atoms with Crippen molar-refractivity contribution in [2.75, 3.05) is 13.2 Å². The van der Waals surface area contributed by atoms with Gasteiger partial charge >= 0.3 is 0 Å². The first kappa shape index (κ1) is 9.81. The van der Waals surface area contributed by atoms with E-state index in [0.717, 1.165) is 19.4 Å². The standard InChI is InChI=1S/C8H14ClNO2/c1-6(9)8(11)10-5-7-3-2-4-12-7/h6-7H,2-5H2,1H3,(H,10,11)/t6-,7+/m0/s1. The van der Waals surface area contributed by atoms with Crippen LogP contribution in [0, 0.1) is 0 Å². The second kappa shape index (κ2) is 4.67. The Kier molecular flexibility index (Phi) is 3.82. The number of hydrogen-bond acceptors (Lipinski definition) is 2. The van der Waals surface area contributed by atoms with E-state index in [0.29, 0.717) is 6.54 Å². The summed E-state index contributed by atoms with van der Waals surface area (Å²) in [6.45, 7) is 3.07. The quantitative estimate of drug-likeness (QED) is 0.674. The molecule has 1 aliphatic heterocycles. The van der Waals surface area contributed by atoms with Crippen molar-refractivity contribution in [1.29, 1.82) is 0 Å². The van der Waals surface area contributed by atoms with Crippen LogP contribution in [0.4, 0.5) is 0 Å². The number of amides is 1. The van der Waals surface area contributed by atoms with Gasteiger partial charge in [-0.05, 0) is 19.8 Å². The molecule has 3 nitrogen and oxygen atoms in total. The molecule has 12 heavy (non-hydrogen) atoms. The van der Waals surface area contributed by atoms with Gasteiger partial charge in [0.1, 0.15) is 5.38 Å². The molecule has 0 unspecified atom stereocenters. The third-order valence-corrected chi connectivity index (χ3v) is 2.09. The highest BCUT2D eigenvalue weighted by Gasteiger charge is 2.17. The Labute approximate surface area is 77.4 Å². The number of rotatable bonds is 3. The van der Waals surface area contributed by atoms with Gasteiger partial charge in [0, 0.05) is 13.2 Å². The molecule has 0 bridgehead atoms. The van der Waals surface area contributed by atoms with Gasteiger partial charge in [0.2, 0.25) is 5.91 Å². The molecule has 0 aromatic heterocycles. The van der Waals surface area contributed by atoms with E-state index in [4.69, 9.17) is 16.3 Å². The predicted molar refractivity (Wildman–Crippen MR) is 47.3 cm³/mol. The van der Waals surface area contributed by atoms with Gasteiger partial charge in [-0.25, -0.2) is 0 Å². The smallest absolute Gasteiger partial charge is 0.237 e. The van der Waals surface area contributed by atoms with Gasteiger partial charge in [-0.3, -0.25) is 4.79 Å². The largest absolute Gasteiger partial charge is 0.376 e. The van der Waals surface area contributed by atoms with E-state index in [1.54, 1.807) is 6.92 Å². The highest BCUT2D eigenvalue weighted by Crippen LogP contribution is 2.10. The Morgan fingerprint density at radius 2 is 2.58 bits per heavy atom. The summed E-state index contributed by atoms with van der Waals surface area (Å²) in [6, 6.07) is 0. The molecule has 1 rings (SSSR count). The number of carbonyl (C=O) groups excluding carboxylic acids is 1. The zero-order valence-corrected chi connectivity index (χ0v) is 7.93. The molecule has 1 heterocycles. The zero-order valence-electron chi connectivity index (χ0n) is 7.18. The SMILES string of the molecule is C[C@H](Cl)C(=O)NC[C@H]1CCCO1. The number of carbonyl (C=O) groups is 1. The third kappa shape index (κ3) is 2.99. The van der Waals surface area contributed by atoms with Gasteiger partial charge < -0.3 is 10.1 Å². The highest BCUT2D eigenvalue weighted by atomic mass is 35.5. The first-order valence-corrected chi connectivity index (χ1v) is 4.67. The fraction of sp³-hybridized carbons (Fsp3) is 0.875. The summed E-state index contributed by atoms with van der Waals surface area (Å²) >= 11 is 5.56. The number of ether oxygens (including phenoxy) is 1. The Morgan fingerprint density at radius 3 is 3.08 bits per heavy atom. The zero-order chi connectivity index (χ0) is 8.97. The van der Waals surface area contributed by atoms with Crippen molar-refractivity contribution in [3.8, 4) is 0 Å². The summed E-state index contributed by atoms with van der Waals surface area (Å²) in [7, 11) is 0. The van der Waals surface area contributed by atoms with Gasteiger partial charge in [-0.1, -0.05) is 0 Å². The fourth-order valence-electron chi connectivity index (χ4n) is 1.16. The van der Waals surface area contributed by atoms with Crippen LogP contribution in [0.5, 0.6) is 0 Å². The van der Waals surface area contributed by atoms with Crippen LogP contribution in [-0.4, -0.2) is 30.5 Å². The fourth-order valence-corrected chi connectivity index (χ4v) is 1.24. The first-order chi connectivity index (χ1) is 5.70. The molecular weight excluding hydrogens is 178 g/mol. The molecule has 0 aliphatic carbocycles. The summed E-state index contributed by atoms with van der Waals surface area (Å²) in [5.74, 6) is -0.118. The molecule has 1 saturated heterocycles. The van der Waals surface area contributed by atoms with Crippen molar-refractivity contribution in [3.63, 3.8) is 0 Å². The number of halogens is 1. The van der Waals surface area contributed by atoms with Crippen LogP contribution < -0.4 is 5.32 Å². The minimum Gasteiger partial charge on any atom is -0.376 e. The maximum absolute atomic E-state index is 11.0. The van der Waals surface area contributed by atoms with Crippen molar-refractivity contribution < 1.29 is 9.53 Å². The molecule has 1 amide bonds. The minimum absolute atomic E-state index is 0.118. The minimum atomic E-state index is -0.452. The van der Waals surface area contributed by atoms with Gasteiger partial charge in [-0.2, -0.15) is 0 Å². The van der Waals surface area contributed by atoms with Crippen molar-refractivity contribution in [2.24, 2.45) is 0 Å². The van der Waals surface area contributed by atoms with E-state index in [1.165, 1.54) is 0 Å². The second-order valence-electron chi connectivity index (χ2n) is 3.00. The topological polar surface area (TPSA) is 38.3 Å². The average Bonchev–Trinajstić information content (AvgIpc) is 2.51. The van der Waals surface area contributed by atoms with Crippen molar-refractivity contribution in [3.05, 3.63) is 0 Å². The number of nitrogens with one attached hydrogen (secondary N) is 1. The van der Waals surface area contributed by atoms with E-state index in [9.17, 15) is 4.79 Å². The van der Waals surface area contributed by atoms with E-state index >= 15 is 0 Å². The molecule has 2 atom stereocenters. The third-order valence-electron chi connectivity index (χ3n) is 1.89. The molecule has 0 aromatic rings. The van der Waals surface area contributed by atoms with Crippen LogP contribution in [0.15, 0.2) is 0 Å². The molecule has 0 spiro atoms. The lowest BCUT2D eigenvalue weighted by Gasteiger charge is -2.11. The molecule has 70 valence electrons. The molecule has 0 radical (unpaired) electrons. The van der Waals surface area contributed by atoms with E-state index < -0.39 is 5.38 Å². The summed E-state index contributed by atoms with van der Waals surface area (Å²) in [5.41, 5.74) is 0. The van der Waals surface area contributed by atoms with Gasteiger partial charge in [0.15, 0.2) is 0 Å². The Hall–Kier alpha value is -0.280. The maximum Gasteiger partial charge on any atom is 0.237 e. The van der Waals surface area contributed by atoms with Crippen LogP contribution in [0.25, 0.3) is 0 Å². The van der Waals surface area contributed by atoms with E-state index in [2.05, 4.69) is 5.32 Å². The summed E-state index contributed by atoms with van der Waals surface area (Å²) in [6.07, 6.45) is 2.33. The van der Waals surface area contributed by atoms with Gasteiger partial charge in [-0.15, -0.1) is 11.6 Å². The first-order valence-electron chi connectivity index (χ1n) is 4.23. The Morgan fingerprint density at radius 1 is 1.83 bits per heavy atom. The molecule has 1 fully saturated rings. The van der Waals surface area contributed by atoms with Crippen LogP contribution in [0.1, 0.15) is 19.8 Å². The normalized spacial score (nSPS) is 25.3. The number of hydrogen-bond donors (Lipinski definition) is 1. The average molecular weight is 192 g/mol. The monoisotopic (exact) mass is 191 g/mol. The van der Waals surface area contributed by atoms with E-state index in [-0.39, 0.29) is 12.0 Å². The van der Waals surface area contributed by atoms with Gasteiger partial charge in [0.05, 0.1) is 6.10 Å². The lowest BCUT2D eigenvalue weighted by Crippen LogP contribution is -2.35. The molecule has 1 N–H and O–H groups in total.